The number of carbonyl (C=O) groups excluding carboxylic acids is 4. The summed E-state index contributed by atoms with van der Waals surface area (Å²) in [5.41, 5.74) is 0. The van der Waals surface area contributed by atoms with E-state index in [2.05, 4.69) is 10.6 Å². The average Bonchev–Trinajstić information content (AvgIpc) is 3.10. The summed E-state index contributed by atoms with van der Waals surface area (Å²) in [5, 5.41) is 4.59. The van der Waals surface area contributed by atoms with E-state index in [1.54, 1.807) is 6.92 Å². The first kappa shape index (κ1) is 20.1. The van der Waals surface area contributed by atoms with Gasteiger partial charge in [0.05, 0.1) is 24.0 Å². The molecule has 150 valence electrons. The van der Waals surface area contributed by atoms with Crippen LogP contribution < -0.4 is 10.6 Å². The lowest BCUT2D eigenvalue weighted by atomic mass is 9.80. The first-order valence-corrected chi connectivity index (χ1v) is 10.6. The number of hydrogen-bond donors (Lipinski definition) is 2. The van der Waals surface area contributed by atoms with E-state index in [1.165, 1.54) is 11.8 Å². The molecule has 2 aliphatic heterocycles. The highest BCUT2D eigenvalue weighted by Gasteiger charge is 2.43. The zero-order valence-corrected chi connectivity index (χ0v) is 16.2. The number of ketones is 1. The van der Waals surface area contributed by atoms with Crippen LogP contribution in [0.15, 0.2) is 0 Å². The first-order valence-electron chi connectivity index (χ1n) is 9.57. The second-order valence-corrected chi connectivity index (χ2v) is 8.38. The van der Waals surface area contributed by atoms with Crippen molar-refractivity contribution in [2.45, 2.75) is 63.0 Å². The molecule has 0 radical (unpaired) electrons. The fourth-order valence-electron chi connectivity index (χ4n) is 3.97. The Kier molecular flexibility index (Phi) is 6.75. The second kappa shape index (κ2) is 9.05. The molecule has 2 saturated heterocycles. The standard InChI is InChI=1S/C18H26N2O6S/c1-2-25-18(24)20-15(22)11-7-8-27-17(11)19-16(23)14-9-12(21)10-5-3-4-6-13(10)26-14/h10-11,13-14,17H,2-9H2,1H3,(H,19,23)(H,20,22,24). The quantitative estimate of drug-likeness (QED) is 0.736. The molecule has 27 heavy (non-hydrogen) atoms. The minimum atomic E-state index is -0.799. The van der Waals surface area contributed by atoms with E-state index >= 15 is 0 Å². The SMILES string of the molecule is CCOC(=O)NC(=O)C1CCSC1NC(=O)C1CC(=O)C2CCCCC2O1. The number of amides is 3. The van der Waals surface area contributed by atoms with Crippen LogP contribution in [0.3, 0.4) is 0 Å². The smallest absolute Gasteiger partial charge is 0.413 e. The number of rotatable bonds is 4. The number of thioether (sulfide) groups is 1. The lowest BCUT2D eigenvalue weighted by Gasteiger charge is -2.38. The molecule has 3 aliphatic rings. The third kappa shape index (κ3) is 4.82. The minimum absolute atomic E-state index is 0.0771. The molecule has 0 aromatic carbocycles. The maximum absolute atomic E-state index is 12.6. The van der Waals surface area contributed by atoms with Gasteiger partial charge in [-0.1, -0.05) is 12.8 Å². The van der Waals surface area contributed by atoms with Crippen molar-refractivity contribution in [3.63, 3.8) is 0 Å². The molecule has 0 aromatic heterocycles. The van der Waals surface area contributed by atoms with Crippen LogP contribution in [-0.4, -0.2) is 53.6 Å². The van der Waals surface area contributed by atoms with Crippen molar-refractivity contribution in [2.75, 3.05) is 12.4 Å². The van der Waals surface area contributed by atoms with Crippen LogP contribution in [0.2, 0.25) is 0 Å². The lowest BCUT2D eigenvalue weighted by molar-refractivity contribution is -0.161. The van der Waals surface area contributed by atoms with Gasteiger partial charge in [-0.05, 0) is 31.9 Å². The molecule has 3 rings (SSSR count). The second-order valence-electron chi connectivity index (χ2n) is 7.13. The van der Waals surface area contributed by atoms with Crippen LogP contribution in [0.1, 0.15) is 45.4 Å². The Hall–Kier alpha value is -1.61. The molecule has 0 spiro atoms. The summed E-state index contributed by atoms with van der Waals surface area (Å²) < 4.78 is 10.6. The van der Waals surface area contributed by atoms with E-state index in [-0.39, 0.29) is 36.7 Å². The van der Waals surface area contributed by atoms with E-state index in [9.17, 15) is 19.2 Å². The highest BCUT2D eigenvalue weighted by Crippen LogP contribution is 2.35. The Labute approximate surface area is 162 Å². The Balaban J connectivity index is 1.55. The summed E-state index contributed by atoms with van der Waals surface area (Å²) in [5.74, 6) is -0.628. The molecule has 9 heteroatoms. The molecule has 0 aromatic rings. The number of hydrogen-bond acceptors (Lipinski definition) is 7. The molecule has 1 saturated carbocycles. The molecule has 2 heterocycles. The van der Waals surface area contributed by atoms with Gasteiger partial charge in [-0.25, -0.2) is 4.79 Å². The number of imide groups is 1. The monoisotopic (exact) mass is 398 g/mol. The third-order valence-corrected chi connectivity index (χ3v) is 6.62. The van der Waals surface area contributed by atoms with Gasteiger partial charge in [-0.15, -0.1) is 11.8 Å². The number of fused-ring (bicyclic) bond motifs is 1. The Morgan fingerprint density at radius 2 is 1.96 bits per heavy atom. The van der Waals surface area contributed by atoms with Crippen LogP contribution in [0.5, 0.6) is 0 Å². The molecule has 1 aliphatic carbocycles. The summed E-state index contributed by atoms with van der Waals surface area (Å²) in [6.45, 7) is 1.83. The number of nitrogens with one attached hydrogen (secondary N) is 2. The number of Topliss-reactive ketones (excluding diaryl/α,β-unsaturated/α-hetero) is 1. The third-order valence-electron chi connectivity index (χ3n) is 5.35. The molecule has 5 atom stereocenters. The van der Waals surface area contributed by atoms with Crippen molar-refractivity contribution in [1.82, 2.24) is 10.6 Å². The van der Waals surface area contributed by atoms with E-state index in [1.807, 2.05) is 0 Å². The molecule has 5 unspecified atom stereocenters. The number of alkyl carbamates (subject to hydrolysis) is 1. The van der Waals surface area contributed by atoms with Crippen LogP contribution in [0.25, 0.3) is 0 Å². The highest BCUT2D eigenvalue weighted by molar-refractivity contribution is 8.00. The van der Waals surface area contributed by atoms with Gasteiger partial charge in [0.2, 0.25) is 11.8 Å². The molecule has 0 bridgehead atoms. The van der Waals surface area contributed by atoms with Crippen LogP contribution in [0.4, 0.5) is 4.79 Å². The van der Waals surface area contributed by atoms with Gasteiger partial charge < -0.3 is 14.8 Å². The summed E-state index contributed by atoms with van der Waals surface area (Å²) >= 11 is 1.45. The maximum Gasteiger partial charge on any atom is 0.413 e. The molecule has 2 N–H and O–H groups in total. The fourth-order valence-corrected chi connectivity index (χ4v) is 5.31. The van der Waals surface area contributed by atoms with Crippen molar-refractivity contribution < 1.29 is 28.7 Å². The molecule has 8 nitrogen and oxygen atoms in total. The number of ether oxygens (including phenoxy) is 2. The van der Waals surface area contributed by atoms with Gasteiger partial charge in [0.15, 0.2) is 0 Å². The lowest BCUT2D eigenvalue weighted by Crippen LogP contribution is -2.52. The van der Waals surface area contributed by atoms with Gasteiger partial charge in [-0.2, -0.15) is 0 Å². The Morgan fingerprint density at radius 3 is 2.74 bits per heavy atom. The highest BCUT2D eigenvalue weighted by atomic mass is 32.2. The summed E-state index contributed by atoms with van der Waals surface area (Å²) in [6.07, 6.45) is 2.58. The van der Waals surface area contributed by atoms with E-state index < -0.39 is 29.4 Å². The molecule has 3 fully saturated rings. The van der Waals surface area contributed by atoms with Crippen molar-refractivity contribution in [1.29, 1.82) is 0 Å². The zero-order valence-electron chi connectivity index (χ0n) is 15.4. The average molecular weight is 398 g/mol. The Bertz CT molecular complexity index is 613. The largest absolute Gasteiger partial charge is 0.450 e. The predicted molar refractivity (Wildman–Crippen MR) is 97.9 cm³/mol. The number of carbonyl (C=O) groups is 4. The van der Waals surface area contributed by atoms with Gasteiger partial charge >= 0.3 is 6.09 Å². The predicted octanol–water partition coefficient (Wildman–Crippen LogP) is 1.37. The molecular formula is C18H26N2O6S. The Morgan fingerprint density at radius 1 is 1.19 bits per heavy atom. The summed E-state index contributed by atoms with van der Waals surface area (Å²) in [6, 6.07) is 0. The van der Waals surface area contributed by atoms with E-state index in [0.717, 1.165) is 25.7 Å². The van der Waals surface area contributed by atoms with Crippen LogP contribution >= 0.6 is 11.8 Å². The molecule has 3 amide bonds. The van der Waals surface area contributed by atoms with E-state index in [4.69, 9.17) is 9.47 Å². The summed E-state index contributed by atoms with van der Waals surface area (Å²) in [7, 11) is 0. The van der Waals surface area contributed by atoms with Gasteiger partial charge in [-0.3, -0.25) is 19.7 Å². The van der Waals surface area contributed by atoms with Crippen LogP contribution in [-0.2, 0) is 23.9 Å². The first-order chi connectivity index (χ1) is 13.0. The van der Waals surface area contributed by atoms with Crippen molar-refractivity contribution in [3.05, 3.63) is 0 Å². The maximum atomic E-state index is 12.6. The van der Waals surface area contributed by atoms with Crippen molar-refractivity contribution in [2.24, 2.45) is 11.8 Å². The van der Waals surface area contributed by atoms with Crippen molar-refractivity contribution >= 4 is 35.5 Å². The topological polar surface area (TPSA) is 111 Å². The van der Waals surface area contributed by atoms with Crippen LogP contribution in [0, 0.1) is 11.8 Å². The van der Waals surface area contributed by atoms with Gasteiger partial charge in [0.1, 0.15) is 11.9 Å². The zero-order chi connectivity index (χ0) is 19.4. The van der Waals surface area contributed by atoms with Gasteiger partial charge in [0.25, 0.3) is 0 Å². The van der Waals surface area contributed by atoms with Gasteiger partial charge in [0, 0.05) is 12.3 Å². The minimum Gasteiger partial charge on any atom is -0.450 e. The van der Waals surface area contributed by atoms with E-state index in [0.29, 0.717) is 12.2 Å². The van der Waals surface area contributed by atoms with Crippen molar-refractivity contribution in [3.8, 4) is 0 Å². The summed E-state index contributed by atoms with van der Waals surface area (Å²) in [4.78, 5) is 48.7. The fraction of sp³-hybridized carbons (Fsp3) is 0.778. The molecular weight excluding hydrogens is 372 g/mol. The normalized spacial score (nSPS) is 33.1.